The fraction of sp³-hybridized carbons (Fsp3) is 0.500. The fourth-order valence-electron chi connectivity index (χ4n) is 0.874. The molecule has 1 aliphatic carbocycles. The van der Waals surface area contributed by atoms with Crippen molar-refractivity contribution >= 4 is 0 Å². The minimum Gasteiger partial charge on any atom is -1.00 e. The first-order valence-electron chi connectivity index (χ1n) is 3.32. The van der Waals surface area contributed by atoms with Crippen LogP contribution in [0.15, 0.2) is 24.3 Å². The Balaban J connectivity index is -0.0000000427. The minimum atomic E-state index is 0. The zero-order chi connectivity index (χ0) is 5.66. The van der Waals surface area contributed by atoms with E-state index in [2.05, 4.69) is 24.3 Å². The van der Waals surface area contributed by atoms with Gasteiger partial charge in [-0.05, 0) is 25.7 Å². The quantitative estimate of drug-likeness (QED) is 0.350. The first-order chi connectivity index (χ1) is 4.00. The van der Waals surface area contributed by atoms with Crippen LogP contribution in [0.1, 0.15) is 25.7 Å². The van der Waals surface area contributed by atoms with E-state index in [1.54, 1.807) is 0 Å². The molecule has 0 heterocycles. The molecule has 0 unspecified atom stereocenters. The first kappa shape index (κ1) is 29.2. The van der Waals surface area contributed by atoms with Gasteiger partial charge in [0.15, 0.2) is 0 Å². The molecule has 0 amide bonds. The van der Waals surface area contributed by atoms with Crippen molar-refractivity contribution in [3.05, 3.63) is 24.3 Å². The maximum atomic E-state index is 2.23. The minimum absolute atomic E-state index is 0. The maximum Gasteiger partial charge on any atom is 4.00 e. The van der Waals surface area contributed by atoms with Gasteiger partial charge < -0.3 is 49.6 Å². The molecule has 13 heavy (non-hydrogen) atoms. The van der Waals surface area contributed by atoms with Crippen LogP contribution >= 0.6 is 0 Å². The van der Waals surface area contributed by atoms with Crippen LogP contribution in [0.4, 0.5) is 0 Å². The molecular weight excluding hydrogens is 430 g/mol. The monoisotopic (exact) mass is 441 g/mol. The van der Waals surface area contributed by atoms with Crippen molar-refractivity contribution in [3.63, 3.8) is 0 Å². The Kier molecular flexibility index (Phi) is 52.3. The zero-order valence-corrected chi connectivity index (χ0v) is 12.4. The van der Waals surface area contributed by atoms with Gasteiger partial charge in [0.1, 0.15) is 0 Å². The number of hydrogen-bond donors (Lipinski definition) is 0. The van der Waals surface area contributed by atoms with Gasteiger partial charge in [0, 0.05) is 0 Å². The zero-order valence-electron chi connectivity index (χ0n) is 6.98. The summed E-state index contributed by atoms with van der Waals surface area (Å²) in [6.45, 7) is 0. The van der Waals surface area contributed by atoms with Crippen molar-refractivity contribution in [1.82, 2.24) is 0 Å². The normalized spacial score (nSPS) is 17.2. The third kappa shape index (κ3) is 19.6. The number of halogens is 4. The molecule has 1 aliphatic rings. The SMILES string of the molecule is C1=C\CCCC\C=C/1.[Cl-].[Cl-].[Cl-].[Cl-].[Ir+4]. The van der Waals surface area contributed by atoms with E-state index in [0.29, 0.717) is 0 Å². The third-order valence-electron chi connectivity index (χ3n) is 1.37. The topological polar surface area (TPSA) is 0 Å². The van der Waals surface area contributed by atoms with Gasteiger partial charge in [-0.1, -0.05) is 24.3 Å². The van der Waals surface area contributed by atoms with Gasteiger partial charge in [0.05, 0.1) is 0 Å². The molecule has 0 aliphatic heterocycles. The summed E-state index contributed by atoms with van der Waals surface area (Å²) in [6.07, 6.45) is 14.0. The first-order valence-corrected chi connectivity index (χ1v) is 3.32. The molecule has 81 valence electrons. The number of rotatable bonds is 0. The number of hydrogen-bond acceptors (Lipinski definition) is 0. The number of allylic oxidation sites excluding steroid dienone is 4. The van der Waals surface area contributed by atoms with Crippen molar-refractivity contribution < 1.29 is 69.7 Å². The summed E-state index contributed by atoms with van der Waals surface area (Å²) < 4.78 is 0. The summed E-state index contributed by atoms with van der Waals surface area (Å²) >= 11 is 0. The van der Waals surface area contributed by atoms with E-state index in [1.807, 2.05) is 0 Å². The van der Waals surface area contributed by atoms with Gasteiger partial charge >= 0.3 is 20.1 Å². The van der Waals surface area contributed by atoms with Crippen LogP contribution in [0, 0.1) is 0 Å². The van der Waals surface area contributed by atoms with Gasteiger partial charge in [-0.2, -0.15) is 0 Å². The van der Waals surface area contributed by atoms with Crippen molar-refractivity contribution in [3.8, 4) is 0 Å². The van der Waals surface area contributed by atoms with Crippen molar-refractivity contribution in [2.75, 3.05) is 0 Å². The van der Waals surface area contributed by atoms with E-state index in [9.17, 15) is 0 Å². The van der Waals surface area contributed by atoms with Crippen molar-refractivity contribution in [2.24, 2.45) is 0 Å². The second kappa shape index (κ2) is 23.3. The molecule has 0 fully saturated rings. The van der Waals surface area contributed by atoms with Gasteiger partial charge in [-0.25, -0.2) is 0 Å². The summed E-state index contributed by atoms with van der Waals surface area (Å²) in [4.78, 5) is 0. The van der Waals surface area contributed by atoms with E-state index in [1.165, 1.54) is 25.7 Å². The maximum absolute atomic E-state index is 2.23. The molecule has 0 nitrogen and oxygen atoms in total. The van der Waals surface area contributed by atoms with Crippen LogP contribution in [0.25, 0.3) is 0 Å². The summed E-state index contributed by atoms with van der Waals surface area (Å²) in [5.74, 6) is 0. The smallest absolute Gasteiger partial charge is 1.00 e. The molecule has 0 saturated heterocycles. The van der Waals surface area contributed by atoms with E-state index in [4.69, 9.17) is 0 Å². The molecule has 0 N–H and O–H groups in total. The second-order valence-corrected chi connectivity index (χ2v) is 2.14. The molecule has 0 aromatic heterocycles. The molecule has 0 saturated carbocycles. The molecule has 0 aromatic carbocycles. The Hall–Kier alpha value is 1.29. The summed E-state index contributed by atoms with van der Waals surface area (Å²) in [7, 11) is 0. The van der Waals surface area contributed by atoms with Crippen LogP contribution in [0.2, 0.25) is 0 Å². The van der Waals surface area contributed by atoms with Gasteiger partial charge in [0.25, 0.3) is 0 Å². The Morgan fingerprint density at radius 1 is 0.615 bits per heavy atom. The fourth-order valence-corrected chi connectivity index (χ4v) is 0.874. The second-order valence-electron chi connectivity index (χ2n) is 2.14. The Bertz CT molecular complexity index is 101. The molecule has 0 spiro atoms. The molecule has 0 atom stereocenters. The Labute approximate surface area is 119 Å². The Morgan fingerprint density at radius 3 is 1.23 bits per heavy atom. The third-order valence-corrected chi connectivity index (χ3v) is 1.37. The van der Waals surface area contributed by atoms with Crippen LogP contribution in [0.5, 0.6) is 0 Å². The van der Waals surface area contributed by atoms with E-state index >= 15 is 0 Å². The van der Waals surface area contributed by atoms with Gasteiger partial charge in [-0.3, -0.25) is 0 Å². The molecule has 5 heteroatoms. The molecular formula is C8H12Cl4Ir. The predicted octanol–water partition coefficient (Wildman–Crippen LogP) is -9.31. The van der Waals surface area contributed by atoms with Crippen LogP contribution < -0.4 is 49.6 Å². The van der Waals surface area contributed by atoms with Crippen molar-refractivity contribution in [2.45, 2.75) is 25.7 Å². The van der Waals surface area contributed by atoms with Crippen molar-refractivity contribution in [1.29, 1.82) is 0 Å². The summed E-state index contributed by atoms with van der Waals surface area (Å²) in [5, 5.41) is 0. The van der Waals surface area contributed by atoms with Crippen LogP contribution in [-0.2, 0) is 20.1 Å². The molecule has 0 bridgehead atoms. The predicted molar refractivity (Wildman–Crippen MR) is 36.7 cm³/mol. The van der Waals surface area contributed by atoms with E-state index < -0.39 is 0 Å². The standard InChI is InChI=1S/C8H12.4ClH.Ir/c1-2-4-6-8-7-5-3-1;;;;;/h1-4H,5-8H2;4*1H;/q;;;;;+4/p-4/b3-1-,4-2-;;;;;. The van der Waals surface area contributed by atoms with Gasteiger partial charge in [-0.15, -0.1) is 0 Å². The van der Waals surface area contributed by atoms with Gasteiger partial charge in [0.2, 0.25) is 0 Å². The average molecular weight is 442 g/mol. The largest absolute Gasteiger partial charge is 4.00 e. The van der Waals surface area contributed by atoms with Crippen LogP contribution in [0.3, 0.4) is 0 Å². The molecule has 0 aromatic rings. The van der Waals surface area contributed by atoms with E-state index in [0.717, 1.165) is 0 Å². The Morgan fingerprint density at radius 2 is 0.923 bits per heavy atom. The average Bonchev–Trinajstić information content (AvgIpc) is 1.62. The van der Waals surface area contributed by atoms with Crippen LogP contribution in [-0.4, -0.2) is 0 Å². The summed E-state index contributed by atoms with van der Waals surface area (Å²) in [6, 6.07) is 0. The van der Waals surface area contributed by atoms with E-state index in [-0.39, 0.29) is 69.7 Å². The summed E-state index contributed by atoms with van der Waals surface area (Å²) in [5.41, 5.74) is 0. The molecule has 1 rings (SSSR count). The molecule has 1 radical (unpaired) electrons.